The first kappa shape index (κ1) is 12.0. The Bertz CT molecular complexity index is 155. The van der Waals surface area contributed by atoms with Crippen molar-refractivity contribution in [1.82, 2.24) is 5.32 Å². The third kappa shape index (κ3) is 3.61. The molecule has 0 aromatic heterocycles. The fraction of sp³-hybridized carbons (Fsp3) is 1.00. The van der Waals surface area contributed by atoms with Crippen molar-refractivity contribution in [3.05, 3.63) is 0 Å². The molecule has 4 atom stereocenters. The van der Waals surface area contributed by atoms with Crippen LogP contribution >= 0.6 is 0 Å². The third-order valence-electron chi connectivity index (χ3n) is 3.65. The van der Waals surface area contributed by atoms with Gasteiger partial charge in [0.1, 0.15) is 0 Å². The maximum Gasteiger partial charge on any atom is 0.00953 e. The van der Waals surface area contributed by atoms with Gasteiger partial charge in [-0.15, -0.1) is 0 Å². The topological polar surface area (TPSA) is 12.0 Å². The standard InChI is InChI=1S/C13H27N/c1-5-6-12(4)14-13-8-7-10(2)9-11(13)3/h10-14H,5-9H2,1-4H3. The Morgan fingerprint density at radius 2 is 2.00 bits per heavy atom. The van der Waals surface area contributed by atoms with Gasteiger partial charge in [0, 0.05) is 12.1 Å². The number of hydrogen-bond acceptors (Lipinski definition) is 1. The van der Waals surface area contributed by atoms with E-state index in [0.717, 1.165) is 17.9 Å². The van der Waals surface area contributed by atoms with Gasteiger partial charge in [0.15, 0.2) is 0 Å². The van der Waals surface area contributed by atoms with Gasteiger partial charge in [0.05, 0.1) is 0 Å². The Morgan fingerprint density at radius 1 is 1.29 bits per heavy atom. The molecule has 1 heteroatoms. The lowest BCUT2D eigenvalue weighted by molar-refractivity contribution is 0.213. The number of hydrogen-bond donors (Lipinski definition) is 1. The van der Waals surface area contributed by atoms with Crippen molar-refractivity contribution >= 4 is 0 Å². The van der Waals surface area contributed by atoms with Crippen LogP contribution in [0, 0.1) is 11.8 Å². The molecular formula is C13H27N. The van der Waals surface area contributed by atoms with Crippen molar-refractivity contribution in [2.24, 2.45) is 11.8 Å². The first-order valence-corrected chi connectivity index (χ1v) is 6.39. The summed E-state index contributed by atoms with van der Waals surface area (Å²) >= 11 is 0. The second-order valence-electron chi connectivity index (χ2n) is 5.36. The highest BCUT2D eigenvalue weighted by molar-refractivity contribution is 4.82. The molecule has 0 aliphatic heterocycles. The lowest BCUT2D eigenvalue weighted by Gasteiger charge is -2.35. The molecule has 4 unspecified atom stereocenters. The molecule has 0 heterocycles. The van der Waals surface area contributed by atoms with Gasteiger partial charge in [-0.3, -0.25) is 0 Å². The van der Waals surface area contributed by atoms with Gasteiger partial charge in [-0.05, 0) is 44.4 Å². The summed E-state index contributed by atoms with van der Waals surface area (Å²) in [5.41, 5.74) is 0. The van der Waals surface area contributed by atoms with E-state index in [4.69, 9.17) is 0 Å². The molecule has 14 heavy (non-hydrogen) atoms. The van der Waals surface area contributed by atoms with Crippen LogP contribution in [-0.4, -0.2) is 12.1 Å². The highest BCUT2D eigenvalue weighted by Gasteiger charge is 2.25. The van der Waals surface area contributed by atoms with Crippen LogP contribution in [0.4, 0.5) is 0 Å². The van der Waals surface area contributed by atoms with Gasteiger partial charge in [-0.2, -0.15) is 0 Å². The van der Waals surface area contributed by atoms with Gasteiger partial charge in [0.25, 0.3) is 0 Å². The zero-order valence-electron chi connectivity index (χ0n) is 10.3. The Labute approximate surface area is 89.7 Å². The van der Waals surface area contributed by atoms with Gasteiger partial charge >= 0.3 is 0 Å². The quantitative estimate of drug-likeness (QED) is 0.726. The van der Waals surface area contributed by atoms with E-state index < -0.39 is 0 Å². The SMILES string of the molecule is CCCC(C)NC1CCC(C)CC1C. The summed E-state index contributed by atoms with van der Waals surface area (Å²) in [5, 5.41) is 3.79. The second kappa shape index (κ2) is 5.75. The highest BCUT2D eigenvalue weighted by Crippen LogP contribution is 2.28. The molecule has 1 nitrogen and oxygen atoms in total. The minimum atomic E-state index is 0.709. The van der Waals surface area contributed by atoms with E-state index in [1.165, 1.54) is 32.1 Å². The van der Waals surface area contributed by atoms with E-state index >= 15 is 0 Å². The molecule has 1 aliphatic rings. The van der Waals surface area contributed by atoms with Crippen LogP contribution in [0.15, 0.2) is 0 Å². The summed E-state index contributed by atoms with van der Waals surface area (Å²) in [6, 6.07) is 1.49. The van der Waals surface area contributed by atoms with Gasteiger partial charge in [-0.1, -0.05) is 27.2 Å². The Morgan fingerprint density at radius 3 is 2.57 bits per heavy atom. The van der Waals surface area contributed by atoms with E-state index in [0.29, 0.717) is 6.04 Å². The minimum absolute atomic E-state index is 0.709. The molecule has 1 saturated carbocycles. The summed E-state index contributed by atoms with van der Waals surface area (Å²) in [6.45, 7) is 9.40. The van der Waals surface area contributed by atoms with Crippen molar-refractivity contribution in [3.8, 4) is 0 Å². The largest absolute Gasteiger partial charge is 0.311 e. The minimum Gasteiger partial charge on any atom is -0.311 e. The second-order valence-corrected chi connectivity index (χ2v) is 5.36. The van der Waals surface area contributed by atoms with Crippen molar-refractivity contribution in [1.29, 1.82) is 0 Å². The average molecular weight is 197 g/mol. The van der Waals surface area contributed by atoms with Crippen LogP contribution in [0.5, 0.6) is 0 Å². The summed E-state index contributed by atoms with van der Waals surface area (Å²) in [4.78, 5) is 0. The predicted octanol–water partition coefficient (Wildman–Crippen LogP) is 3.59. The van der Waals surface area contributed by atoms with Crippen molar-refractivity contribution in [2.45, 2.75) is 71.9 Å². The lowest BCUT2D eigenvalue weighted by atomic mass is 9.79. The molecular weight excluding hydrogens is 170 g/mol. The summed E-state index contributed by atoms with van der Waals surface area (Å²) in [7, 11) is 0. The Hall–Kier alpha value is -0.0400. The van der Waals surface area contributed by atoms with Crippen LogP contribution in [-0.2, 0) is 0 Å². The summed E-state index contributed by atoms with van der Waals surface area (Å²) in [5.74, 6) is 1.82. The van der Waals surface area contributed by atoms with Gasteiger partial charge in [-0.25, -0.2) is 0 Å². The molecule has 0 amide bonds. The van der Waals surface area contributed by atoms with Crippen molar-refractivity contribution in [3.63, 3.8) is 0 Å². The van der Waals surface area contributed by atoms with E-state index in [9.17, 15) is 0 Å². The molecule has 0 radical (unpaired) electrons. The van der Waals surface area contributed by atoms with Crippen molar-refractivity contribution in [2.75, 3.05) is 0 Å². The third-order valence-corrected chi connectivity index (χ3v) is 3.65. The molecule has 0 bridgehead atoms. The molecule has 1 fully saturated rings. The fourth-order valence-corrected chi connectivity index (χ4v) is 2.79. The predicted molar refractivity (Wildman–Crippen MR) is 63.5 cm³/mol. The van der Waals surface area contributed by atoms with Crippen molar-refractivity contribution < 1.29 is 0 Å². The first-order chi connectivity index (χ1) is 6.63. The molecule has 0 saturated heterocycles. The van der Waals surface area contributed by atoms with Crippen LogP contribution in [0.2, 0.25) is 0 Å². The first-order valence-electron chi connectivity index (χ1n) is 6.39. The fourth-order valence-electron chi connectivity index (χ4n) is 2.79. The highest BCUT2D eigenvalue weighted by atomic mass is 14.9. The zero-order chi connectivity index (χ0) is 10.6. The lowest BCUT2D eigenvalue weighted by Crippen LogP contribution is -2.43. The van der Waals surface area contributed by atoms with Crippen LogP contribution < -0.4 is 5.32 Å². The Kier molecular flexibility index (Phi) is 4.94. The smallest absolute Gasteiger partial charge is 0.00953 e. The average Bonchev–Trinajstić information content (AvgIpc) is 2.10. The Balaban J connectivity index is 2.29. The maximum atomic E-state index is 3.79. The molecule has 0 aromatic rings. The zero-order valence-corrected chi connectivity index (χ0v) is 10.3. The van der Waals surface area contributed by atoms with E-state index in [-0.39, 0.29) is 0 Å². The summed E-state index contributed by atoms with van der Waals surface area (Å²) in [6.07, 6.45) is 6.83. The number of nitrogens with one attached hydrogen (secondary N) is 1. The van der Waals surface area contributed by atoms with E-state index in [2.05, 4.69) is 33.0 Å². The van der Waals surface area contributed by atoms with Gasteiger partial charge in [0.2, 0.25) is 0 Å². The monoisotopic (exact) mass is 197 g/mol. The molecule has 0 aromatic carbocycles. The molecule has 1 N–H and O–H groups in total. The number of rotatable bonds is 4. The molecule has 84 valence electrons. The maximum absolute atomic E-state index is 3.79. The van der Waals surface area contributed by atoms with E-state index in [1.807, 2.05) is 0 Å². The molecule has 1 aliphatic carbocycles. The summed E-state index contributed by atoms with van der Waals surface area (Å²) < 4.78 is 0. The van der Waals surface area contributed by atoms with Crippen LogP contribution in [0.1, 0.15) is 59.8 Å². The van der Waals surface area contributed by atoms with Crippen LogP contribution in [0.3, 0.4) is 0 Å². The van der Waals surface area contributed by atoms with Crippen LogP contribution in [0.25, 0.3) is 0 Å². The molecule has 1 rings (SSSR count). The van der Waals surface area contributed by atoms with Gasteiger partial charge < -0.3 is 5.32 Å². The van der Waals surface area contributed by atoms with E-state index in [1.54, 1.807) is 0 Å². The molecule has 0 spiro atoms. The normalized spacial score (nSPS) is 35.6.